The average Bonchev–Trinajstić information content (AvgIpc) is 2.20. The fourth-order valence-electron chi connectivity index (χ4n) is 0.997. The lowest BCUT2D eigenvalue weighted by Gasteiger charge is -2.05. The number of hydrogen-bond donors (Lipinski definition) is 1. The van der Waals surface area contributed by atoms with E-state index >= 15 is 0 Å². The average molecular weight is 248 g/mol. The van der Waals surface area contributed by atoms with Crippen molar-refractivity contribution in [2.75, 3.05) is 6.54 Å². The SMILES string of the molecule is CC(=O)CNC(=O)c1cc(F)c(Cl)cc1F. The molecule has 1 N–H and O–H groups in total. The molecule has 1 rings (SSSR count). The molecule has 0 radical (unpaired) electrons. The van der Waals surface area contributed by atoms with E-state index in [1.807, 2.05) is 0 Å². The highest BCUT2D eigenvalue weighted by molar-refractivity contribution is 6.30. The molecule has 16 heavy (non-hydrogen) atoms. The summed E-state index contributed by atoms with van der Waals surface area (Å²) in [6.45, 7) is 1.03. The first-order valence-corrected chi connectivity index (χ1v) is 4.71. The van der Waals surface area contributed by atoms with Gasteiger partial charge in [0.05, 0.1) is 17.1 Å². The van der Waals surface area contributed by atoms with E-state index in [2.05, 4.69) is 5.32 Å². The smallest absolute Gasteiger partial charge is 0.254 e. The first kappa shape index (κ1) is 12.6. The van der Waals surface area contributed by atoms with E-state index in [1.165, 1.54) is 6.92 Å². The molecule has 3 nitrogen and oxygen atoms in total. The zero-order valence-electron chi connectivity index (χ0n) is 8.31. The number of nitrogens with one attached hydrogen (secondary N) is 1. The van der Waals surface area contributed by atoms with Gasteiger partial charge in [-0.3, -0.25) is 9.59 Å². The second-order valence-electron chi connectivity index (χ2n) is 3.13. The minimum atomic E-state index is -0.938. The summed E-state index contributed by atoms with van der Waals surface area (Å²) in [5.41, 5.74) is -0.483. The van der Waals surface area contributed by atoms with Crippen LogP contribution in [-0.4, -0.2) is 18.2 Å². The minimum absolute atomic E-state index is 0.234. The van der Waals surface area contributed by atoms with Crippen LogP contribution in [0, 0.1) is 11.6 Å². The number of hydrogen-bond acceptors (Lipinski definition) is 2. The van der Waals surface area contributed by atoms with Crippen LogP contribution in [0.2, 0.25) is 5.02 Å². The third-order valence-corrected chi connectivity index (χ3v) is 2.04. The molecule has 0 aliphatic carbocycles. The Labute approximate surface area is 95.4 Å². The molecule has 0 aliphatic rings. The van der Waals surface area contributed by atoms with Crippen LogP contribution in [0.15, 0.2) is 12.1 Å². The summed E-state index contributed by atoms with van der Waals surface area (Å²) in [4.78, 5) is 21.9. The lowest BCUT2D eigenvalue weighted by Crippen LogP contribution is -2.29. The van der Waals surface area contributed by atoms with Gasteiger partial charge in [0.25, 0.3) is 5.91 Å². The van der Waals surface area contributed by atoms with Gasteiger partial charge in [0.1, 0.15) is 17.4 Å². The van der Waals surface area contributed by atoms with E-state index in [0.29, 0.717) is 12.1 Å². The predicted molar refractivity (Wildman–Crippen MR) is 54.4 cm³/mol. The molecule has 1 aromatic rings. The maximum absolute atomic E-state index is 13.2. The Balaban J connectivity index is 2.91. The number of halogens is 3. The first-order chi connectivity index (χ1) is 7.41. The molecule has 0 atom stereocenters. The number of carbonyl (C=O) groups is 2. The molecular formula is C10H8ClF2NO2. The highest BCUT2D eigenvalue weighted by Gasteiger charge is 2.15. The highest BCUT2D eigenvalue weighted by atomic mass is 35.5. The maximum atomic E-state index is 13.2. The Morgan fingerprint density at radius 3 is 2.50 bits per heavy atom. The zero-order valence-corrected chi connectivity index (χ0v) is 9.07. The summed E-state index contributed by atoms with van der Waals surface area (Å²) >= 11 is 5.32. The fraction of sp³-hybridized carbons (Fsp3) is 0.200. The van der Waals surface area contributed by atoms with Crippen molar-refractivity contribution in [3.63, 3.8) is 0 Å². The molecule has 6 heteroatoms. The quantitative estimate of drug-likeness (QED) is 0.830. The van der Waals surface area contributed by atoms with Crippen LogP contribution in [0.1, 0.15) is 17.3 Å². The summed E-state index contributed by atoms with van der Waals surface area (Å²) in [5.74, 6) is -2.98. The van der Waals surface area contributed by atoms with Gasteiger partial charge >= 0.3 is 0 Å². The van der Waals surface area contributed by atoms with Crippen LogP contribution >= 0.6 is 11.6 Å². The number of rotatable bonds is 3. The molecule has 0 fully saturated rings. The predicted octanol–water partition coefficient (Wildman–Crippen LogP) is 1.94. The monoisotopic (exact) mass is 247 g/mol. The largest absolute Gasteiger partial charge is 0.345 e. The molecule has 0 bridgehead atoms. The van der Waals surface area contributed by atoms with Crippen molar-refractivity contribution < 1.29 is 18.4 Å². The van der Waals surface area contributed by atoms with Gasteiger partial charge in [-0.1, -0.05) is 11.6 Å². The lowest BCUT2D eigenvalue weighted by molar-refractivity contribution is -0.116. The van der Waals surface area contributed by atoms with Gasteiger partial charge in [-0.05, 0) is 19.1 Å². The molecule has 0 aliphatic heterocycles. The third kappa shape index (κ3) is 3.00. The van der Waals surface area contributed by atoms with Gasteiger partial charge in [-0.25, -0.2) is 8.78 Å². The van der Waals surface area contributed by atoms with Crippen molar-refractivity contribution in [3.05, 3.63) is 34.4 Å². The molecular weight excluding hydrogens is 240 g/mol. The van der Waals surface area contributed by atoms with Crippen molar-refractivity contribution in [3.8, 4) is 0 Å². The van der Waals surface area contributed by atoms with E-state index in [1.54, 1.807) is 0 Å². The summed E-state index contributed by atoms with van der Waals surface area (Å²) in [6, 6.07) is 1.40. The molecule has 0 saturated heterocycles. The lowest BCUT2D eigenvalue weighted by atomic mass is 10.2. The van der Waals surface area contributed by atoms with Crippen LogP contribution in [-0.2, 0) is 4.79 Å². The van der Waals surface area contributed by atoms with E-state index in [9.17, 15) is 18.4 Å². The van der Waals surface area contributed by atoms with Crippen molar-refractivity contribution in [1.82, 2.24) is 5.32 Å². The number of benzene rings is 1. The third-order valence-electron chi connectivity index (χ3n) is 1.75. The molecule has 0 aromatic heterocycles. The van der Waals surface area contributed by atoms with Gasteiger partial charge in [0.2, 0.25) is 0 Å². The summed E-state index contributed by atoms with van der Waals surface area (Å²) in [6.07, 6.45) is 0. The van der Waals surface area contributed by atoms with Crippen molar-refractivity contribution in [2.45, 2.75) is 6.92 Å². The van der Waals surface area contributed by atoms with Gasteiger partial charge in [0, 0.05) is 0 Å². The molecule has 1 amide bonds. The molecule has 0 unspecified atom stereocenters. The Morgan fingerprint density at radius 2 is 1.94 bits per heavy atom. The molecule has 0 heterocycles. The second-order valence-corrected chi connectivity index (χ2v) is 3.54. The zero-order chi connectivity index (χ0) is 12.3. The summed E-state index contributed by atoms with van der Waals surface area (Å²) in [5, 5.41) is 1.75. The van der Waals surface area contributed by atoms with Gasteiger partial charge < -0.3 is 5.32 Å². The molecule has 0 saturated carbocycles. The van der Waals surface area contributed by atoms with E-state index in [4.69, 9.17) is 11.6 Å². The highest BCUT2D eigenvalue weighted by Crippen LogP contribution is 2.19. The Morgan fingerprint density at radius 1 is 1.31 bits per heavy atom. The number of ketones is 1. The van der Waals surface area contributed by atoms with Crippen LogP contribution in [0.25, 0.3) is 0 Å². The van der Waals surface area contributed by atoms with Gasteiger partial charge in [-0.15, -0.1) is 0 Å². The maximum Gasteiger partial charge on any atom is 0.254 e. The molecule has 86 valence electrons. The van der Waals surface area contributed by atoms with Gasteiger partial charge in [0.15, 0.2) is 0 Å². The van der Waals surface area contributed by atoms with Crippen LogP contribution in [0.5, 0.6) is 0 Å². The van der Waals surface area contributed by atoms with Crippen molar-refractivity contribution in [2.24, 2.45) is 0 Å². The van der Waals surface area contributed by atoms with Crippen LogP contribution < -0.4 is 5.32 Å². The van der Waals surface area contributed by atoms with Crippen LogP contribution in [0.3, 0.4) is 0 Å². The number of amides is 1. The first-order valence-electron chi connectivity index (χ1n) is 4.34. The minimum Gasteiger partial charge on any atom is -0.345 e. The standard InChI is InChI=1S/C10H8ClF2NO2/c1-5(15)4-14-10(16)6-2-9(13)7(11)3-8(6)12/h2-3H,4H2,1H3,(H,14,16). The number of carbonyl (C=O) groups excluding carboxylic acids is 2. The van der Waals surface area contributed by atoms with Gasteiger partial charge in [-0.2, -0.15) is 0 Å². The normalized spacial score (nSPS) is 10.0. The number of Topliss-reactive ketones (excluding diaryl/α,β-unsaturated/α-hetero) is 1. The van der Waals surface area contributed by atoms with E-state index in [0.717, 1.165) is 0 Å². The summed E-state index contributed by atoms with van der Waals surface area (Å²) in [7, 11) is 0. The van der Waals surface area contributed by atoms with E-state index < -0.39 is 28.1 Å². The molecule has 1 aromatic carbocycles. The summed E-state index contributed by atoms with van der Waals surface area (Å²) < 4.78 is 26.2. The van der Waals surface area contributed by atoms with Crippen molar-refractivity contribution >= 4 is 23.3 Å². The second kappa shape index (κ2) is 5.03. The Hall–Kier alpha value is -1.49. The molecule has 0 spiro atoms. The Bertz CT molecular complexity index is 449. The Kier molecular flexibility index (Phi) is 3.95. The fourth-order valence-corrected chi connectivity index (χ4v) is 1.15. The van der Waals surface area contributed by atoms with E-state index in [-0.39, 0.29) is 12.3 Å². The van der Waals surface area contributed by atoms with Crippen LogP contribution in [0.4, 0.5) is 8.78 Å². The van der Waals surface area contributed by atoms with Crippen molar-refractivity contribution in [1.29, 1.82) is 0 Å². The topological polar surface area (TPSA) is 46.2 Å².